The molecule has 0 radical (unpaired) electrons. The molecule has 0 fully saturated rings. The number of rotatable bonds is 8. The van der Waals surface area contributed by atoms with Gasteiger partial charge in [-0.1, -0.05) is 254 Å². The number of para-hydroxylation sites is 6. The molecular formula is C78H50BClN4. The molecule has 2 aliphatic rings. The van der Waals surface area contributed by atoms with Crippen LogP contribution in [-0.4, -0.2) is 15.8 Å². The lowest BCUT2D eigenvalue weighted by molar-refractivity contribution is 1.17. The monoisotopic (exact) mass is 1090 g/mol. The highest BCUT2D eigenvalue weighted by Gasteiger charge is 2.46. The van der Waals surface area contributed by atoms with Gasteiger partial charge in [-0.15, -0.1) is 0 Å². The molecule has 0 bridgehead atoms. The minimum Gasteiger partial charge on any atom is -0.311 e. The molecule has 0 unspecified atom stereocenters. The van der Waals surface area contributed by atoms with Crippen molar-refractivity contribution in [3.05, 3.63) is 308 Å². The highest BCUT2D eigenvalue weighted by molar-refractivity contribution is 7.00. The van der Waals surface area contributed by atoms with Crippen LogP contribution in [0.2, 0.25) is 5.02 Å². The Bertz CT molecular complexity index is 4690. The molecule has 0 atom stereocenters. The number of nitrogens with zero attached hydrogens (tertiary/aromatic N) is 4. The van der Waals surface area contributed by atoms with E-state index in [0.717, 1.165) is 112 Å². The summed E-state index contributed by atoms with van der Waals surface area (Å²) in [6, 6.07) is 111. The van der Waals surface area contributed by atoms with E-state index >= 15 is 0 Å². The van der Waals surface area contributed by atoms with Crippen LogP contribution in [0.15, 0.2) is 303 Å². The Morgan fingerprint density at radius 2 is 0.536 bits per heavy atom. The van der Waals surface area contributed by atoms with Gasteiger partial charge in [0.05, 0.1) is 44.8 Å². The maximum atomic E-state index is 7.84. The number of anilines is 6. The van der Waals surface area contributed by atoms with E-state index in [9.17, 15) is 0 Å². The van der Waals surface area contributed by atoms with Crippen LogP contribution in [0.1, 0.15) is 0 Å². The van der Waals surface area contributed by atoms with Crippen LogP contribution < -0.4 is 26.2 Å². The van der Waals surface area contributed by atoms with E-state index in [-0.39, 0.29) is 6.71 Å². The van der Waals surface area contributed by atoms with E-state index in [1.807, 2.05) is 0 Å². The standard InChI is InChI=1S/C78H50BClN4/c80-55-45-76-78-77(46-55)84(67-40-20-14-34-57(67)52-27-7-2-8-28-52)75-50-73(82-70-43-23-17-37-60(70)61-38-18-24-44-71(61)82)63(54-31-11-4-12-32-54)48-65(75)79(78)64-47-62(53-29-9-3-10-30-53)72(81-68-41-21-15-35-58(68)59-36-16-22-42-69(59)81)49-74(64)83(76)66-39-19-13-33-56(66)51-25-5-1-6-26-51/h1-50H. The molecule has 4 heterocycles. The third-order valence-corrected chi connectivity index (χ3v) is 17.8. The van der Waals surface area contributed by atoms with Crippen LogP contribution in [0, 0.1) is 0 Å². The molecule has 2 aromatic heterocycles. The van der Waals surface area contributed by atoms with Crippen LogP contribution >= 0.6 is 11.6 Å². The molecule has 84 heavy (non-hydrogen) atoms. The molecule has 0 N–H and O–H groups in total. The molecular weight excluding hydrogens is 1040 g/mol. The summed E-state index contributed by atoms with van der Waals surface area (Å²) in [5, 5.41) is 5.49. The van der Waals surface area contributed by atoms with Crippen LogP contribution in [0.5, 0.6) is 0 Å². The Hall–Kier alpha value is -10.6. The SMILES string of the molecule is Clc1cc2c3c(c1)N(c1ccccc1-c1ccccc1)c1cc(-n4c5ccccc5c5ccccc54)c(-c4ccccc4)cc1B3c1cc(-c3ccccc3)c(-n3c4ccccc4c4ccccc43)cc1N2c1ccccc1-c1ccccc1. The minimum absolute atomic E-state index is 0.276. The van der Waals surface area contributed by atoms with E-state index in [1.165, 1.54) is 37.9 Å². The number of hydrogen-bond acceptors (Lipinski definition) is 2. The molecule has 4 nitrogen and oxygen atoms in total. The second-order valence-corrected chi connectivity index (χ2v) is 22.5. The second-order valence-electron chi connectivity index (χ2n) is 22.1. The van der Waals surface area contributed by atoms with Crippen LogP contribution in [0.3, 0.4) is 0 Å². The lowest BCUT2D eigenvalue weighted by atomic mass is 9.33. The van der Waals surface area contributed by atoms with Gasteiger partial charge in [0, 0.05) is 71.6 Å². The molecule has 392 valence electrons. The predicted octanol–water partition coefficient (Wildman–Crippen LogP) is 19.3. The van der Waals surface area contributed by atoms with Crippen molar-refractivity contribution < 1.29 is 0 Å². The van der Waals surface area contributed by atoms with E-state index in [4.69, 9.17) is 11.6 Å². The van der Waals surface area contributed by atoms with Gasteiger partial charge < -0.3 is 18.9 Å². The Labute approximate surface area is 492 Å². The maximum Gasteiger partial charge on any atom is 0.252 e. The first-order valence-electron chi connectivity index (χ1n) is 28.8. The quantitative estimate of drug-likeness (QED) is 0.141. The Morgan fingerprint density at radius 3 is 0.893 bits per heavy atom. The van der Waals surface area contributed by atoms with Crippen molar-refractivity contribution >= 4 is 112 Å². The van der Waals surface area contributed by atoms with Gasteiger partial charge in [0.15, 0.2) is 0 Å². The normalized spacial score (nSPS) is 12.5. The van der Waals surface area contributed by atoms with Gasteiger partial charge in [0.25, 0.3) is 6.71 Å². The Kier molecular flexibility index (Phi) is 11.1. The fourth-order valence-electron chi connectivity index (χ4n) is 14.0. The molecule has 15 aromatic rings. The Morgan fingerprint density at radius 1 is 0.238 bits per heavy atom. The summed E-state index contributed by atoms with van der Waals surface area (Å²) < 4.78 is 4.99. The zero-order chi connectivity index (χ0) is 55.4. The van der Waals surface area contributed by atoms with Crippen molar-refractivity contribution in [3.8, 4) is 55.9 Å². The van der Waals surface area contributed by atoms with Gasteiger partial charge in [-0.05, 0) is 99.3 Å². The summed E-state index contributed by atoms with van der Waals surface area (Å²) >= 11 is 7.84. The van der Waals surface area contributed by atoms with Gasteiger partial charge in [-0.3, -0.25) is 0 Å². The molecule has 2 aliphatic heterocycles. The summed E-state index contributed by atoms with van der Waals surface area (Å²) in [7, 11) is 0. The highest BCUT2D eigenvalue weighted by atomic mass is 35.5. The number of hydrogen-bond donors (Lipinski definition) is 0. The fourth-order valence-corrected chi connectivity index (χ4v) is 14.2. The van der Waals surface area contributed by atoms with E-state index in [1.54, 1.807) is 0 Å². The smallest absolute Gasteiger partial charge is 0.252 e. The lowest BCUT2D eigenvalue weighted by Crippen LogP contribution is -2.61. The van der Waals surface area contributed by atoms with Gasteiger partial charge in [0.1, 0.15) is 0 Å². The fraction of sp³-hybridized carbons (Fsp3) is 0. The number of aromatic nitrogens is 2. The van der Waals surface area contributed by atoms with Gasteiger partial charge in [-0.2, -0.15) is 0 Å². The topological polar surface area (TPSA) is 16.3 Å². The molecule has 6 heteroatoms. The Balaban J connectivity index is 1.06. The van der Waals surface area contributed by atoms with E-state index in [2.05, 4.69) is 322 Å². The molecule has 13 aromatic carbocycles. The number of fused-ring (bicyclic) bond motifs is 10. The molecule has 17 rings (SSSR count). The average Bonchev–Trinajstić information content (AvgIpc) is 1.18. The first kappa shape index (κ1) is 48.2. The average molecular weight is 1090 g/mol. The van der Waals surface area contributed by atoms with Gasteiger partial charge in [-0.25, -0.2) is 0 Å². The largest absolute Gasteiger partial charge is 0.311 e. The van der Waals surface area contributed by atoms with Crippen molar-refractivity contribution in [2.45, 2.75) is 0 Å². The molecule has 0 saturated carbocycles. The summed E-state index contributed by atoms with van der Waals surface area (Å²) in [5.74, 6) is 0. The molecule has 0 saturated heterocycles. The third kappa shape index (κ3) is 7.36. The summed E-state index contributed by atoms with van der Waals surface area (Å²) in [4.78, 5) is 5.06. The summed E-state index contributed by atoms with van der Waals surface area (Å²) in [6.07, 6.45) is 0. The molecule has 0 spiro atoms. The zero-order valence-electron chi connectivity index (χ0n) is 45.6. The van der Waals surface area contributed by atoms with Crippen molar-refractivity contribution in [1.29, 1.82) is 0 Å². The first-order chi connectivity index (χ1) is 41.6. The maximum absolute atomic E-state index is 7.84. The predicted molar refractivity (Wildman–Crippen MR) is 356 cm³/mol. The minimum atomic E-state index is -0.276. The molecule has 0 amide bonds. The summed E-state index contributed by atoms with van der Waals surface area (Å²) in [6.45, 7) is -0.276. The highest BCUT2D eigenvalue weighted by Crippen LogP contribution is 2.52. The van der Waals surface area contributed by atoms with Crippen molar-refractivity contribution in [2.75, 3.05) is 9.80 Å². The zero-order valence-corrected chi connectivity index (χ0v) is 46.4. The van der Waals surface area contributed by atoms with Gasteiger partial charge in [0.2, 0.25) is 0 Å². The van der Waals surface area contributed by atoms with E-state index < -0.39 is 0 Å². The van der Waals surface area contributed by atoms with Crippen LogP contribution in [-0.2, 0) is 0 Å². The lowest BCUT2D eigenvalue weighted by Gasteiger charge is -2.45. The van der Waals surface area contributed by atoms with Crippen LogP contribution in [0.4, 0.5) is 34.1 Å². The van der Waals surface area contributed by atoms with Gasteiger partial charge >= 0.3 is 0 Å². The number of benzene rings is 13. The summed E-state index contributed by atoms with van der Waals surface area (Å²) in [5.41, 5.74) is 25.7. The third-order valence-electron chi connectivity index (χ3n) is 17.5. The van der Waals surface area contributed by atoms with Crippen LogP contribution in [0.25, 0.3) is 99.5 Å². The second kappa shape index (κ2) is 19.3. The molecule has 0 aliphatic carbocycles. The number of halogens is 1. The van der Waals surface area contributed by atoms with E-state index in [0.29, 0.717) is 5.02 Å². The first-order valence-corrected chi connectivity index (χ1v) is 29.2. The van der Waals surface area contributed by atoms with Crippen molar-refractivity contribution in [2.24, 2.45) is 0 Å². The van der Waals surface area contributed by atoms with Crippen molar-refractivity contribution in [3.63, 3.8) is 0 Å². The van der Waals surface area contributed by atoms with Crippen molar-refractivity contribution in [1.82, 2.24) is 9.13 Å².